The van der Waals surface area contributed by atoms with Crippen molar-refractivity contribution in [2.24, 2.45) is 0 Å². The molecule has 0 fully saturated rings. The van der Waals surface area contributed by atoms with Gasteiger partial charge in [0, 0.05) is 24.6 Å². The molecule has 3 rings (SSSR count). The van der Waals surface area contributed by atoms with E-state index in [-0.39, 0.29) is 5.91 Å². The average molecular weight is 293 g/mol. The minimum Gasteiger partial charge on any atom is -0.388 e. The van der Waals surface area contributed by atoms with E-state index in [1.54, 1.807) is 24.4 Å². The van der Waals surface area contributed by atoms with Crippen molar-refractivity contribution in [1.29, 1.82) is 0 Å². The van der Waals surface area contributed by atoms with E-state index in [1.807, 2.05) is 37.4 Å². The van der Waals surface area contributed by atoms with Crippen LogP contribution in [0.4, 0.5) is 11.4 Å². The van der Waals surface area contributed by atoms with E-state index in [0.717, 1.165) is 11.4 Å². The van der Waals surface area contributed by atoms with Crippen molar-refractivity contribution < 1.29 is 4.79 Å². The van der Waals surface area contributed by atoms with Crippen LogP contribution in [0.2, 0.25) is 0 Å². The molecule has 6 heteroatoms. The summed E-state index contributed by atoms with van der Waals surface area (Å²) in [6, 6.07) is 14.6. The van der Waals surface area contributed by atoms with E-state index in [1.165, 1.54) is 0 Å². The van der Waals surface area contributed by atoms with Gasteiger partial charge in [0.2, 0.25) is 0 Å². The number of aromatic amines is 1. The molecule has 0 spiro atoms. The molecule has 1 amide bonds. The van der Waals surface area contributed by atoms with E-state index >= 15 is 0 Å². The van der Waals surface area contributed by atoms with Gasteiger partial charge in [-0.15, -0.1) is 0 Å². The monoisotopic (exact) mass is 293 g/mol. The number of rotatable bonds is 4. The molecule has 0 bridgehead atoms. The zero-order chi connectivity index (χ0) is 15.4. The van der Waals surface area contributed by atoms with E-state index in [9.17, 15) is 4.79 Å². The molecule has 110 valence electrons. The lowest BCUT2D eigenvalue weighted by atomic mass is 10.2. The van der Waals surface area contributed by atoms with Crippen LogP contribution in [0.3, 0.4) is 0 Å². The van der Waals surface area contributed by atoms with Gasteiger partial charge in [-0.25, -0.2) is 4.98 Å². The van der Waals surface area contributed by atoms with Crippen LogP contribution in [0.1, 0.15) is 10.5 Å². The summed E-state index contributed by atoms with van der Waals surface area (Å²) in [4.78, 5) is 16.7. The summed E-state index contributed by atoms with van der Waals surface area (Å²) in [7, 11) is 1.83. The van der Waals surface area contributed by atoms with Crippen molar-refractivity contribution in [2.75, 3.05) is 17.7 Å². The molecule has 3 N–H and O–H groups in total. The predicted molar refractivity (Wildman–Crippen MR) is 85.8 cm³/mol. The van der Waals surface area contributed by atoms with Gasteiger partial charge in [0.15, 0.2) is 0 Å². The molecule has 2 aromatic heterocycles. The summed E-state index contributed by atoms with van der Waals surface area (Å²) < 4.78 is 0. The summed E-state index contributed by atoms with van der Waals surface area (Å²) in [6.07, 6.45) is 1.65. The van der Waals surface area contributed by atoms with Gasteiger partial charge < -0.3 is 10.6 Å². The molecule has 0 saturated heterocycles. The van der Waals surface area contributed by atoms with Crippen LogP contribution in [-0.4, -0.2) is 28.1 Å². The first-order chi connectivity index (χ1) is 10.8. The van der Waals surface area contributed by atoms with Gasteiger partial charge in [0.1, 0.15) is 5.69 Å². The van der Waals surface area contributed by atoms with Gasteiger partial charge in [-0.1, -0.05) is 12.1 Å². The molecular weight excluding hydrogens is 278 g/mol. The third-order valence-corrected chi connectivity index (χ3v) is 3.17. The number of carbonyl (C=O) groups is 1. The van der Waals surface area contributed by atoms with Crippen molar-refractivity contribution in [1.82, 2.24) is 15.2 Å². The molecule has 0 aliphatic heterocycles. The van der Waals surface area contributed by atoms with Crippen molar-refractivity contribution in [2.45, 2.75) is 0 Å². The molecule has 22 heavy (non-hydrogen) atoms. The lowest BCUT2D eigenvalue weighted by Crippen LogP contribution is -2.14. The van der Waals surface area contributed by atoms with Crippen LogP contribution in [-0.2, 0) is 0 Å². The highest BCUT2D eigenvalue weighted by molar-refractivity contribution is 6.03. The fourth-order valence-electron chi connectivity index (χ4n) is 2.06. The number of carbonyl (C=O) groups excluding carboxylic acids is 1. The number of nitrogens with one attached hydrogen (secondary N) is 3. The van der Waals surface area contributed by atoms with Gasteiger partial charge in [0.25, 0.3) is 5.91 Å². The minimum absolute atomic E-state index is 0.255. The first-order valence-corrected chi connectivity index (χ1v) is 6.82. The number of anilines is 2. The second-order valence-corrected chi connectivity index (χ2v) is 4.66. The average Bonchev–Trinajstić information content (AvgIpc) is 3.09. The van der Waals surface area contributed by atoms with Crippen molar-refractivity contribution in [3.05, 3.63) is 60.4 Å². The predicted octanol–water partition coefficient (Wildman–Crippen LogP) is 2.77. The third-order valence-electron chi connectivity index (χ3n) is 3.17. The number of amides is 1. The highest BCUT2D eigenvalue weighted by Crippen LogP contribution is 2.17. The molecular formula is C16H15N5O. The van der Waals surface area contributed by atoms with Gasteiger partial charge in [-0.05, 0) is 36.4 Å². The highest BCUT2D eigenvalue weighted by atomic mass is 16.1. The Hall–Kier alpha value is -3.15. The third kappa shape index (κ3) is 2.95. The number of aromatic nitrogens is 3. The van der Waals surface area contributed by atoms with Gasteiger partial charge in [0.05, 0.1) is 11.4 Å². The molecule has 3 aromatic rings. The number of benzene rings is 1. The molecule has 0 aliphatic rings. The normalized spacial score (nSPS) is 10.2. The summed E-state index contributed by atoms with van der Waals surface area (Å²) in [5, 5.41) is 12.6. The second-order valence-electron chi connectivity index (χ2n) is 4.66. The van der Waals surface area contributed by atoms with Gasteiger partial charge in [-0.2, -0.15) is 5.10 Å². The first-order valence-electron chi connectivity index (χ1n) is 6.82. The van der Waals surface area contributed by atoms with Crippen LogP contribution < -0.4 is 10.6 Å². The van der Waals surface area contributed by atoms with Gasteiger partial charge >= 0.3 is 0 Å². The van der Waals surface area contributed by atoms with Crippen LogP contribution in [0, 0.1) is 0 Å². The smallest absolute Gasteiger partial charge is 0.274 e. The maximum atomic E-state index is 12.3. The Balaban J connectivity index is 1.81. The fourth-order valence-corrected chi connectivity index (χ4v) is 2.06. The Morgan fingerprint density at radius 3 is 2.68 bits per heavy atom. The standard InChI is InChI=1S/C16H15N5O/c1-17-11-4-2-5-12(10-11)19-16(22)15-7-3-6-13(20-15)14-8-9-18-21-14/h2-10,17H,1H3,(H,18,21)(H,19,22). The molecule has 1 aromatic carbocycles. The molecule has 0 unspecified atom stereocenters. The molecule has 2 heterocycles. The molecule has 6 nitrogen and oxygen atoms in total. The van der Waals surface area contributed by atoms with Crippen LogP contribution >= 0.6 is 0 Å². The summed E-state index contributed by atoms with van der Waals surface area (Å²) in [6.45, 7) is 0. The van der Waals surface area contributed by atoms with Crippen molar-refractivity contribution >= 4 is 17.3 Å². The summed E-state index contributed by atoms with van der Waals surface area (Å²) in [5.41, 5.74) is 3.44. The summed E-state index contributed by atoms with van der Waals surface area (Å²) >= 11 is 0. The van der Waals surface area contributed by atoms with Crippen LogP contribution in [0.25, 0.3) is 11.4 Å². The zero-order valence-corrected chi connectivity index (χ0v) is 12.0. The van der Waals surface area contributed by atoms with Gasteiger partial charge in [-0.3, -0.25) is 9.89 Å². The molecule has 0 aliphatic carbocycles. The lowest BCUT2D eigenvalue weighted by molar-refractivity contribution is 0.102. The number of hydrogen-bond donors (Lipinski definition) is 3. The van der Waals surface area contributed by atoms with Crippen molar-refractivity contribution in [3.63, 3.8) is 0 Å². The van der Waals surface area contributed by atoms with E-state index < -0.39 is 0 Å². The maximum Gasteiger partial charge on any atom is 0.274 e. The summed E-state index contributed by atoms with van der Waals surface area (Å²) in [5.74, 6) is -0.255. The number of nitrogens with zero attached hydrogens (tertiary/aromatic N) is 2. The Labute approximate surface area is 127 Å². The number of pyridine rings is 1. The van der Waals surface area contributed by atoms with Crippen LogP contribution in [0.5, 0.6) is 0 Å². The topological polar surface area (TPSA) is 82.7 Å². The highest BCUT2D eigenvalue weighted by Gasteiger charge is 2.10. The lowest BCUT2D eigenvalue weighted by Gasteiger charge is -2.07. The molecule has 0 saturated carbocycles. The maximum absolute atomic E-state index is 12.3. The SMILES string of the molecule is CNc1cccc(NC(=O)c2cccc(-c3ccn[nH]3)n2)c1. The fraction of sp³-hybridized carbons (Fsp3) is 0.0625. The van der Waals surface area contributed by atoms with Crippen molar-refractivity contribution in [3.8, 4) is 11.4 Å². The minimum atomic E-state index is -0.255. The van der Waals surface area contributed by atoms with E-state index in [4.69, 9.17) is 0 Å². The quantitative estimate of drug-likeness (QED) is 0.690. The second kappa shape index (κ2) is 6.09. The largest absolute Gasteiger partial charge is 0.388 e. The Kier molecular flexibility index (Phi) is 3.82. The van der Waals surface area contributed by atoms with E-state index in [0.29, 0.717) is 17.1 Å². The Morgan fingerprint density at radius 1 is 1.09 bits per heavy atom. The van der Waals surface area contributed by atoms with E-state index in [2.05, 4.69) is 25.8 Å². The van der Waals surface area contributed by atoms with Crippen LogP contribution in [0.15, 0.2) is 54.7 Å². The number of H-pyrrole nitrogens is 1. The Morgan fingerprint density at radius 2 is 1.91 bits per heavy atom. The zero-order valence-electron chi connectivity index (χ0n) is 12.0. The Bertz CT molecular complexity index is 783. The molecule has 0 atom stereocenters. The molecule has 0 radical (unpaired) electrons. The number of hydrogen-bond acceptors (Lipinski definition) is 4. The first kappa shape index (κ1) is 13.8.